The minimum atomic E-state index is -1.14. The quantitative estimate of drug-likeness (QED) is 0.364. The fourth-order valence-electron chi connectivity index (χ4n) is 7.26. The summed E-state index contributed by atoms with van der Waals surface area (Å²) in [7, 11) is 0. The molecule has 8 nitrogen and oxygen atoms in total. The summed E-state index contributed by atoms with van der Waals surface area (Å²) in [5.74, 6) is -2.08. The second kappa shape index (κ2) is 12.6. The fourth-order valence-corrected chi connectivity index (χ4v) is 7.45. The van der Waals surface area contributed by atoms with Crippen molar-refractivity contribution in [3.05, 3.63) is 41.4 Å². The molecule has 1 spiro atoms. The molecule has 2 N–H and O–H groups in total. The van der Waals surface area contributed by atoms with Gasteiger partial charge in [-0.05, 0) is 69.9 Å². The zero-order valence-corrected chi connectivity index (χ0v) is 24.5. The third-order valence-electron chi connectivity index (χ3n) is 8.92. The van der Waals surface area contributed by atoms with E-state index < -0.39 is 29.6 Å². The number of fused-ring (bicyclic) bond motifs is 1. The number of nitrogens with one attached hydrogen (secondary N) is 2. The van der Waals surface area contributed by atoms with Crippen LogP contribution < -0.4 is 10.6 Å². The van der Waals surface area contributed by atoms with Gasteiger partial charge in [-0.15, -0.1) is 0 Å². The van der Waals surface area contributed by atoms with E-state index in [2.05, 4.69) is 29.4 Å². The van der Waals surface area contributed by atoms with Crippen molar-refractivity contribution in [1.29, 1.82) is 0 Å². The predicted molar refractivity (Wildman–Crippen MR) is 156 cm³/mol. The third kappa shape index (κ3) is 5.68. The number of carbonyl (C=O) groups excluding carboxylic acids is 3. The molecule has 1 saturated carbocycles. The Morgan fingerprint density at radius 2 is 1.85 bits per heavy atom. The van der Waals surface area contributed by atoms with Crippen LogP contribution in [0.15, 0.2) is 36.4 Å². The van der Waals surface area contributed by atoms with Crippen molar-refractivity contribution < 1.29 is 19.1 Å². The first-order chi connectivity index (χ1) is 19.4. The predicted octanol–water partition coefficient (Wildman–Crippen LogP) is 4.39. The average Bonchev–Trinajstić information content (AvgIpc) is 3.57. The Kier molecular flexibility index (Phi) is 9.18. The van der Waals surface area contributed by atoms with E-state index in [1.807, 2.05) is 12.2 Å². The van der Waals surface area contributed by atoms with Crippen molar-refractivity contribution in [1.82, 2.24) is 15.1 Å². The fraction of sp³-hybridized carbons (Fsp3) is 0.645. The number of hydrogen-bond donors (Lipinski definition) is 2. The smallest absolute Gasteiger partial charge is 0.246 e. The molecule has 0 aromatic heterocycles. The van der Waals surface area contributed by atoms with E-state index in [1.54, 1.807) is 29.2 Å². The molecule has 3 heterocycles. The van der Waals surface area contributed by atoms with Crippen LogP contribution in [0.5, 0.6) is 0 Å². The first-order valence-electron chi connectivity index (χ1n) is 15.1. The maximum Gasteiger partial charge on any atom is 0.246 e. The van der Waals surface area contributed by atoms with Gasteiger partial charge >= 0.3 is 0 Å². The minimum Gasteiger partial charge on any atom is -0.359 e. The Balaban J connectivity index is 1.38. The van der Waals surface area contributed by atoms with Crippen LogP contribution in [0.25, 0.3) is 0 Å². The molecule has 4 aliphatic rings. The minimum absolute atomic E-state index is 0.114. The molecule has 2 bridgehead atoms. The standard InChI is InChI=1S/C31H43ClN4O4/c1-3-16-35(17-4-2)18-9-19-36-27(29(38)33-22-11-6-5-7-12-22)31-15-14-24(40-31)25(26(31)30(36)39)28(37)34-23-13-8-10-21(32)20-23/h8,10,13-15,20,22,24-27H,3-7,9,11-12,16-19H2,1-2H3,(H,33,38)(H,34,37)/t24-,25-,26-,27+,31-/m0/s1. The highest BCUT2D eigenvalue weighted by Crippen LogP contribution is 2.55. The van der Waals surface area contributed by atoms with E-state index in [9.17, 15) is 14.4 Å². The van der Waals surface area contributed by atoms with Crippen LogP contribution in [0, 0.1) is 11.8 Å². The van der Waals surface area contributed by atoms with Gasteiger partial charge in [0, 0.05) is 23.3 Å². The van der Waals surface area contributed by atoms with Gasteiger partial charge in [0.25, 0.3) is 0 Å². The van der Waals surface area contributed by atoms with Gasteiger partial charge in [0.1, 0.15) is 11.6 Å². The van der Waals surface area contributed by atoms with Crippen LogP contribution in [-0.4, -0.2) is 77.5 Å². The molecule has 5 atom stereocenters. The van der Waals surface area contributed by atoms with Crippen LogP contribution in [0.2, 0.25) is 5.02 Å². The van der Waals surface area contributed by atoms with Gasteiger partial charge in [-0.25, -0.2) is 0 Å². The Morgan fingerprint density at radius 1 is 1.10 bits per heavy atom. The van der Waals surface area contributed by atoms with Gasteiger partial charge in [0.05, 0.1) is 17.9 Å². The normalized spacial score (nSPS) is 29.3. The van der Waals surface area contributed by atoms with Crippen molar-refractivity contribution in [2.75, 3.05) is 31.5 Å². The number of nitrogens with zero attached hydrogens (tertiary/aromatic N) is 2. The summed E-state index contributed by atoms with van der Waals surface area (Å²) >= 11 is 6.13. The lowest BCUT2D eigenvalue weighted by molar-refractivity contribution is -0.141. The van der Waals surface area contributed by atoms with Gasteiger partial charge in [0.15, 0.2) is 0 Å². The van der Waals surface area contributed by atoms with E-state index >= 15 is 0 Å². The molecule has 2 saturated heterocycles. The van der Waals surface area contributed by atoms with Gasteiger partial charge < -0.3 is 25.2 Å². The van der Waals surface area contributed by atoms with Crippen molar-refractivity contribution in [2.24, 2.45) is 11.8 Å². The summed E-state index contributed by atoms with van der Waals surface area (Å²) < 4.78 is 6.48. The van der Waals surface area contributed by atoms with Crippen molar-refractivity contribution in [3.8, 4) is 0 Å². The molecule has 5 rings (SSSR count). The monoisotopic (exact) mass is 570 g/mol. The highest BCUT2D eigenvalue weighted by Gasteiger charge is 2.72. The van der Waals surface area contributed by atoms with Crippen LogP contribution >= 0.6 is 11.6 Å². The number of likely N-dealkylation sites (tertiary alicyclic amines) is 1. The summed E-state index contributed by atoms with van der Waals surface area (Å²) in [6.07, 6.45) is 11.4. The van der Waals surface area contributed by atoms with Gasteiger partial charge in [-0.2, -0.15) is 0 Å². The molecule has 1 aliphatic carbocycles. The molecular formula is C31H43ClN4O4. The van der Waals surface area contributed by atoms with Gasteiger partial charge in [0.2, 0.25) is 17.7 Å². The lowest BCUT2D eigenvalue weighted by Gasteiger charge is -2.34. The molecule has 3 aliphatic heterocycles. The number of carbonyl (C=O) groups is 3. The number of halogens is 1. The topological polar surface area (TPSA) is 91.0 Å². The average molecular weight is 571 g/mol. The first kappa shape index (κ1) is 29.1. The van der Waals surface area contributed by atoms with Crippen molar-refractivity contribution >= 4 is 35.0 Å². The highest BCUT2D eigenvalue weighted by molar-refractivity contribution is 6.30. The molecule has 0 radical (unpaired) electrons. The molecule has 3 fully saturated rings. The third-order valence-corrected chi connectivity index (χ3v) is 9.16. The lowest BCUT2D eigenvalue weighted by Crippen LogP contribution is -2.56. The molecule has 1 aromatic rings. The molecule has 218 valence electrons. The van der Waals surface area contributed by atoms with Gasteiger partial charge in [-0.1, -0.05) is 62.9 Å². The van der Waals surface area contributed by atoms with Crippen LogP contribution in [0.4, 0.5) is 5.69 Å². The maximum atomic E-state index is 14.1. The van der Waals surface area contributed by atoms with Crippen LogP contribution in [-0.2, 0) is 19.1 Å². The Bertz CT molecular complexity index is 1120. The number of benzene rings is 1. The molecule has 0 unspecified atom stereocenters. The second-order valence-corrected chi connectivity index (χ2v) is 12.2. The Hall–Kier alpha value is -2.42. The summed E-state index contributed by atoms with van der Waals surface area (Å²) in [6, 6.07) is 6.29. The van der Waals surface area contributed by atoms with Crippen molar-refractivity contribution in [2.45, 2.75) is 89.0 Å². The van der Waals surface area contributed by atoms with E-state index in [1.165, 1.54) is 6.42 Å². The first-order valence-corrected chi connectivity index (χ1v) is 15.5. The second-order valence-electron chi connectivity index (χ2n) is 11.8. The van der Waals surface area contributed by atoms with Crippen LogP contribution in [0.1, 0.15) is 65.2 Å². The zero-order chi connectivity index (χ0) is 28.3. The van der Waals surface area contributed by atoms with E-state index in [0.29, 0.717) is 17.3 Å². The molecule has 40 heavy (non-hydrogen) atoms. The summed E-state index contributed by atoms with van der Waals surface area (Å²) in [5, 5.41) is 6.71. The summed E-state index contributed by atoms with van der Waals surface area (Å²) in [6.45, 7) is 7.69. The van der Waals surface area contributed by atoms with E-state index in [-0.39, 0.29) is 23.8 Å². The SMILES string of the molecule is CCCN(CCC)CCCN1C(=O)[C@@H]2[C@@H](C(=O)Nc3cccc(Cl)c3)[C@@H]3C=C[C@@]2(O3)[C@H]1C(=O)NC1CCCCC1. The largest absolute Gasteiger partial charge is 0.359 e. The Morgan fingerprint density at radius 3 is 2.55 bits per heavy atom. The van der Waals surface area contributed by atoms with E-state index in [0.717, 1.165) is 64.6 Å². The number of hydrogen-bond acceptors (Lipinski definition) is 5. The number of amides is 3. The zero-order valence-electron chi connectivity index (χ0n) is 23.7. The summed E-state index contributed by atoms with van der Waals surface area (Å²) in [5.41, 5.74) is -0.567. The lowest BCUT2D eigenvalue weighted by atomic mass is 9.74. The number of anilines is 1. The number of ether oxygens (including phenoxy) is 1. The summed E-state index contributed by atoms with van der Waals surface area (Å²) in [4.78, 5) is 45.8. The van der Waals surface area contributed by atoms with Crippen LogP contribution in [0.3, 0.4) is 0 Å². The Labute approximate surface area is 242 Å². The molecule has 1 aromatic carbocycles. The molecule has 9 heteroatoms. The number of rotatable bonds is 12. The van der Waals surface area contributed by atoms with Crippen molar-refractivity contribution in [3.63, 3.8) is 0 Å². The van der Waals surface area contributed by atoms with Gasteiger partial charge in [-0.3, -0.25) is 14.4 Å². The van der Waals surface area contributed by atoms with E-state index in [4.69, 9.17) is 16.3 Å². The highest BCUT2D eigenvalue weighted by atomic mass is 35.5. The maximum absolute atomic E-state index is 14.1. The molecule has 3 amide bonds. The molecular weight excluding hydrogens is 528 g/mol.